The fourth-order valence-corrected chi connectivity index (χ4v) is 2.06. The first-order valence-corrected chi connectivity index (χ1v) is 5.10. The van der Waals surface area contributed by atoms with Gasteiger partial charge in [0.05, 0.1) is 12.7 Å². The van der Waals surface area contributed by atoms with Crippen molar-refractivity contribution >= 4 is 0 Å². The van der Waals surface area contributed by atoms with Crippen molar-refractivity contribution in [3.8, 4) is 0 Å². The lowest BCUT2D eigenvalue weighted by molar-refractivity contribution is -0.0587. The molecule has 0 aromatic rings. The second-order valence-electron chi connectivity index (χ2n) is 3.91. The third kappa shape index (κ3) is 3.25. The number of aliphatic hydroxyl groups excluding tert-OH is 2. The Labute approximate surface area is 79.7 Å². The number of methoxy groups -OCH3 is 1. The standard InChI is InChI=1S/C10H20O3/c1-13-7-9(11)10(12)8-5-3-2-4-6-8/h8-12H,2-7H2,1H3. The zero-order chi connectivity index (χ0) is 9.68. The maximum absolute atomic E-state index is 9.74. The van der Waals surface area contributed by atoms with Gasteiger partial charge in [-0.1, -0.05) is 19.3 Å². The van der Waals surface area contributed by atoms with Gasteiger partial charge in [0, 0.05) is 7.11 Å². The van der Waals surface area contributed by atoms with Crippen molar-refractivity contribution in [3.05, 3.63) is 0 Å². The first kappa shape index (κ1) is 11.0. The molecule has 0 saturated heterocycles. The van der Waals surface area contributed by atoms with Crippen LogP contribution >= 0.6 is 0 Å². The number of aliphatic hydroxyl groups is 2. The molecule has 0 heterocycles. The van der Waals surface area contributed by atoms with E-state index < -0.39 is 12.2 Å². The molecule has 78 valence electrons. The molecular weight excluding hydrogens is 168 g/mol. The molecule has 0 spiro atoms. The SMILES string of the molecule is COCC(O)C(O)C1CCCCC1. The Hall–Kier alpha value is -0.120. The van der Waals surface area contributed by atoms with Crippen LogP contribution < -0.4 is 0 Å². The fraction of sp³-hybridized carbons (Fsp3) is 1.00. The smallest absolute Gasteiger partial charge is 0.103 e. The Bertz CT molecular complexity index is 132. The third-order valence-corrected chi connectivity index (χ3v) is 2.86. The van der Waals surface area contributed by atoms with Crippen LogP contribution in [0.15, 0.2) is 0 Å². The van der Waals surface area contributed by atoms with Crippen LogP contribution in [-0.2, 0) is 4.74 Å². The van der Waals surface area contributed by atoms with Crippen molar-refractivity contribution in [1.29, 1.82) is 0 Å². The molecule has 1 rings (SSSR count). The molecule has 1 aliphatic rings. The van der Waals surface area contributed by atoms with Gasteiger partial charge >= 0.3 is 0 Å². The van der Waals surface area contributed by atoms with Gasteiger partial charge in [-0.15, -0.1) is 0 Å². The molecule has 0 bridgehead atoms. The minimum atomic E-state index is -0.715. The maximum Gasteiger partial charge on any atom is 0.103 e. The lowest BCUT2D eigenvalue weighted by atomic mass is 9.83. The van der Waals surface area contributed by atoms with Gasteiger partial charge in [0.2, 0.25) is 0 Å². The number of ether oxygens (including phenoxy) is 1. The summed E-state index contributed by atoms with van der Waals surface area (Å²) in [4.78, 5) is 0. The molecule has 2 N–H and O–H groups in total. The molecule has 2 atom stereocenters. The van der Waals surface area contributed by atoms with E-state index in [0.29, 0.717) is 0 Å². The first-order valence-electron chi connectivity index (χ1n) is 5.10. The molecule has 3 heteroatoms. The Morgan fingerprint density at radius 3 is 2.38 bits per heavy atom. The Balaban J connectivity index is 2.31. The van der Waals surface area contributed by atoms with Gasteiger partial charge in [0.25, 0.3) is 0 Å². The normalized spacial score (nSPS) is 24.2. The molecule has 2 unspecified atom stereocenters. The lowest BCUT2D eigenvalue weighted by Crippen LogP contribution is -2.37. The highest BCUT2D eigenvalue weighted by molar-refractivity contribution is 4.78. The zero-order valence-electron chi connectivity index (χ0n) is 8.28. The van der Waals surface area contributed by atoms with E-state index in [1.807, 2.05) is 0 Å². The molecule has 0 aromatic carbocycles. The van der Waals surface area contributed by atoms with Crippen LogP contribution in [0.3, 0.4) is 0 Å². The summed E-state index contributed by atoms with van der Waals surface area (Å²) in [5.41, 5.74) is 0. The monoisotopic (exact) mass is 188 g/mol. The van der Waals surface area contributed by atoms with E-state index in [2.05, 4.69) is 0 Å². The third-order valence-electron chi connectivity index (χ3n) is 2.86. The Kier molecular flexibility index (Phi) is 4.70. The van der Waals surface area contributed by atoms with Crippen molar-refractivity contribution < 1.29 is 14.9 Å². The van der Waals surface area contributed by atoms with Crippen LogP contribution in [-0.4, -0.2) is 36.1 Å². The average Bonchev–Trinajstić information content (AvgIpc) is 2.18. The Morgan fingerprint density at radius 1 is 1.23 bits per heavy atom. The van der Waals surface area contributed by atoms with Crippen molar-refractivity contribution in [2.24, 2.45) is 5.92 Å². The Morgan fingerprint density at radius 2 is 1.85 bits per heavy atom. The summed E-state index contributed by atoms with van der Waals surface area (Å²) < 4.78 is 4.81. The van der Waals surface area contributed by atoms with E-state index in [-0.39, 0.29) is 12.5 Å². The summed E-state index contributed by atoms with van der Waals surface area (Å²) in [6, 6.07) is 0. The predicted octanol–water partition coefficient (Wildman–Crippen LogP) is 0.935. The van der Waals surface area contributed by atoms with Crippen molar-refractivity contribution in [2.75, 3.05) is 13.7 Å². The van der Waals surface area contributed by atoms with Gasteiger partial charge < -0.3 is 14.9 Å². The predicted molar refractivity (Wildman–Crippen MR) is 50.5 cm³/mol. The molecule has 1 fully saturated rings. The largest absolute Gasteiger partial charge is 0.390 e. The molecular formula is C10H20O3. The molecule has 13 heavy (non-hydrogen) atoms. The zero-order valence-corrected chi connectivity index (χ0v) is 8.28. The van der Waals surface area contributed by atoms with E-state index in [1.165, 1.54) is 26.4 Å². The van der Waals surface area contributed by atoms with Gasteiger partial charge in [-0.2, -0.15) is 0 Å². The van der Waals surface area contributed by atoms with Crippen LogP contribution in [0, 0.1) is 5.92 Å². The van der Waals surface area contributed by atoms with E-state index in [9.17, 15) is 10.2 Å². The molecule has 0 aliphatic heterocycles. The van der Waals surface area contributed by atoms with Crippen molar-refractivity contribution in [1.82, 2.24) is 0 Å². The van der Waals surface area contributed by atoms with Crippen molar-refractivity contribution in [3.63, 3.8) is 0 Å². The van der Waals surface area contributed by atoms with Crippen molar-refractivity contribution in [2.45, 2.75) is 44.3 Å². The summed E-state index contributed by atoms with van der Waals surface area (Å²) in [5.74, 6) is 0.277. The van der Waals surface area contributed by atoms with Crippen LogP contribution in [0.5, 0.6) is 0 Å². The lowest BCUT2D eigenvalue weighted by Gasteiger charge is -2.29. The number of rotatable bonds is 4. The van der Waals surface area contributed by atoms with E-state index in [0.717, 1.165) is 12.8 Å². The van der Waals surface area contributed by atoms with Gasteiger partial charge in [0.1, 0.15) is 6.10 Å². The van der Waals surface area contributed by atoms with Crippen LogP contribution in [0.1, 0.15) is 32.1 Å². The molecule has 1 aliphatic carbocycles. The minimum Gasteiger partial charge on any atom is -0.390 e. The second kappa shape index (κ2) is 5.58. The van der Waals surface area contributed by atoms with E-state index in [1.54, 1.807) is 0 Å². The molecule has 0 amide bonds. The second-order valence-corrected chi connectivity index (χ2v) is 3.91. The molecule has 0 radical (unpaired) electrons. The quantitative estimate of drug-likeness (QED) is 0.690. The summed E-state index contributed by atoms with van der Waals surface area (Å²) >= 11 is 0. The molecule has 3 nitrogen and oxygen atoms in total. The van der Waals surface area contributed by atoms with Crippen LogP contribution in [0.4, 0.5) is 0 Å². The number of hydrogen-bond donors (Lipinski definition) is 2. The highest BCUT2D eigenvalue weighted by Gasteiger charge is 2.27. The van der Waals surface area contributed by atoms with Gasteiger partial charge in [0.15, 0.2) is 0 Å². The summed E-state index contributed by atoms with van der Waals surface area (Å²) in [7, 11) is 1.54. The number of hydrogen-bond acceptors (Lipinski definition) is 3. The van der Waals surface area contributed by atoms with E-state index in [4.69, 9.17) is 4.74 Å². The van der Waals surface area contributed by atoms with Crippen LogP contribution in [0.2, 0.25) is 0 Å². The molecule has 1 saturated carbocycles. The van der Waals surface area contributed by atoms with E-state index >= 15 is 0 Å². The summed E-state index contributed by atoms with van der Waals surface area (Å²) in [6.45, 7) is 0.234. The topological polar surface area (TPSA) is 49.7 Å². The van der Waals surface area contributed by atoms with Gasteiger partial charge in [-0.3, -0.25) is 0 Å². The van der Waals surface area contributed by atoms with Gasteiger partial charge in [-0.05, 0) is 18.8 Å². The highest BCUT2D eigenvalue weighted by Crippen LogP contribution is 2.27. The highest BCUT2D eigenvalue weighted by atomic mass is 16.5. The maximum atomic E-state index is 9.74. The summed E-state index contributed by atoms with van der Waals surface area (Å²) in [5, 5.41) is 19.2. The summed E-state index contributed by atoms with van der Waals surface area (Å²) in [6.07, 6.45) is 4.41. The molecule has 0 aromatic heterocycles. The fourth-order valence-electron chi connectivity index (χ4n) is 2.06. The van der Waals surface area contributed by atoms with Crippen LogP contribution in [0.25, 0.3) is 0 Å². The average molecular weight is 188 g/mol. The van der Waals surface area contributed by atoms with Gasteiger partial charge in [-0.25, -0.2) is 0 Å². The first-order chi connectivity index (χ1) is 6.25. The minimum absolute atomic E-state index is 0.234.